The van der Waals surface area contributed by atoms with Crippen LogP contribution >= 0.6 is 11.6 Å². The Morgan fingerprint density at radius 2 is 1.79 bits per heavy atom. The number of alkyl halides is 2. The van der Waals surface area contributed by atoms with Crippen LogP contribution in [0.3, 0.4) is 0 Å². The van der Waals surface area contributed by atoms with Crippen molar-refractivity contribution in [1.29, 1.82) is 0 Å². The number of nitrogens with zero attached hydrogens (tertiary/aromatic N) is 5. The van der Waals surface area contributed by atoms with Crippen molar-refractivity contribution in [2.75, 3.05) is 19.0 Å². The fourth-order valence-electron chi connectivity index (χ4n) is 5.23. The quantitative estimate of drug-likeness (QED) is 0.338. The largest absolute Gasteiger partial charge is 0.363 e. The molecule has 8 nitrogen and oxygen atoms in total. The molecule has 1 amide bonds. The van der Waals surface area contributed by atoms with Crippen molar-refractivity contribution in [2.24, 2.45) is 5.92 Å². The lowest BCUT2D eigenvalue weighted by molar-refractivity contribution is 0.0904. The molecule has 0 saturated heterocycles. The first kappa shape index (κ1) is 26.8. The summed E-state index contributed by atoms with van der Waals surface area (Å²) >= 11 is 5.90. The van der Waals surface area contributed by atoms with Gasteiger partial charge in [0.05, 0.1) is 33.5 Å². The summed E-state index contributed by atoms with van der Waals surface area (Å²) in [5.41, 5.74) is 1.46. The normalized spacial score (nSPS) is 17.5. The van der Waals surface area contributed by atoms with Gasteiger partial charge in [0.15, 0.2) is 0 Å². The molecule has 3 aromatic heterocycles. The monoisotopic (exact) mass is 554 g/mol. The van der Waals surface area contributed by atoms with E-state index < -0.39 is 18.0 Å². The second kappa shape index (κ2) is 11.1. The first-order valence-electron chi connectivity index (χ1n) is 12.8. The summed E-state index contributed by atoms with van der Waals surface area (Å²) in [6, 6.07) is 12.5. The van der Waals surface area contributed by atoms with E-state index in [-0.39, 0.29) is 28.2 Å². The van der Waals surface area contributed by atoms with Crippen molar-refractivity contribution in [3.05, 3.63) is 81.6 Å². The number of imidazole rings is 1. The molecule has 0 radical (unpaired) electrons. The number of nitrogens with one attached hydrogen (secondary N) is 1. The minimum atomic E-state index is -2.87. The molecule has 4 aromatic rings. The average Bonchev–Trinajstić information content (AvgIpc) is 3.20. The number of benzene rings is 1. The second-order valence-corrected chi connectivity index (χ2v) is 10.5. The number of pyridine rings is 2. The molecule has 1 aliphatic rings. The molecule has 1 aromatic carbocycles. The molecular weight excluding hydrogens is 526 g/mol. The summed E-state index contributed by atoms with van der Waals surface area (Å²) < 4.78 is 30.2. The zero-order valence-electron chi connectivity index (χ0n) is 21.7. The molecule has 5 rings (SSSR count). The maximum atomic E-state index is 13.6. The zero-order valence-corrected chi connectivity index (χ0v) is 22.4. The van der Waals surface area contributed by atoms with Gasteiger partial charge in [-0.15, -0.1) is 0 Å². The highest BCUT2D eigenvalue weighted by Gasteiger charge is 2.27. The van der Waals surface area contributed by atoms with Crippen molar-refractivity contribution >= 4 is 34.4 Å². The first-order valence-corrected chi connectivity index (χ1v) is 13.2. The smallest absolute Gasteiger partial charge is 0.333 e. The molecule has 0 spiro atoms. The van der Waals surface area contributed by atoms with Gasteiger partial charge in [-0.05, 0) is 61.9 Å². The third kappa shape index (κ3) is 5.52. The van der Waals surface area contributed by atoms with Gasteiger partial charge in [0.25, 0.3) is 12.3 Å². The minimum Gasteiger partial charge on any atom is -0.363 e. The predicted octanol–water partition coefficient (Wildman–Crippen LogP) is 5.23. The average molecular weight is 555 g/mol. The van der Waals surface area contributed by atoms with E-state index in [9.17, 15) is 18.4 Å². The third-order valence-corrected chi connectivity index (χ3v) is 7.45. The molecule has 1 fully saturated rings. The Balaban J connectivity index is 1.30. The maximum Gasteiger partial charge on any atom is 0.333 e. The van der Waals surface area contributed by atoms with Gasteiger partial charge in [0, 0.05) is 32.9 Å². The van der Waals surface area contributed by atoms with E-state index in [1.54, 1.807) is 10.8 Å². The Morgan fingerprint density at radius 1 is 1.08 bits per heavy atom. The summed E-state index contributed by atoms with van der Waals surface area (Å²) in [5.74, 6) is 0.433. The van der Waals surface area contributed by atoms with Gasteiger partial charge >= 0.3 is 5.69 Å². The number of carbonyl (C=O) groups excluding carboxylic acids is 1. The standard InChI is InChI=1S/C28H29ClF2N6O2/c1-35(2)24-12-11-20(15-32-24)37-23-6-4-3-5-22(23)36(28(37)39)16-17-7-9-19(10-8-17)34-27(38)21-13-18(29)14-33-25(21)26(30)31/h3-6,11-15,17,19,26H,7-10,16H2,1-2H3,(H,34,38)/t17-,19-. The molecule has 11 heteroatoms. The fourth-order valence-corrected chi connectivity index (χ4v) is 5.38. The van der Waals surface area contributed by atoms with Crippen LogP contribution < -0.4 is 15.9 Å². The van der Waals surface area contributed by atoms with Crippen molar-refractivity contribution in [3.63, 3.8) is 0 Å². The van der Waals surface area contributed by atoms with Crippen molar-refractivity contribution in [1.82, 2.24) is 24.4 Å². The van der Waals surface area contributed by atoms with E-state index in [4.69, 9.17) is 11.6 Å². The molecule has 0 bridgehead atoms. The van der Waals surface area contributed by atoms with Crippen LogP contribution in [0.15, 0.2) is 59.7 Å². The van der Waals surface area contributed by atoms with E-state index in [0.717, 1.165) is 35.9 Å². The van der Waals surface area contributed by atoms with Crippen LogP contribution in [0, 0.1) is 5.92 Å². The number of rotatable bonds is 7. The Hall–Kier alpha value is -3.79. The van der Waals surface area contributed by atoms with Crippen molar-refractivity contribution in [2.45, 2.75) is 44.7 Å². The van der Waals surface area contributed by atoms with Gasteiger partial charge < -0.3 is 10.2 Å². The topological polar surface area (TPSA) is 85.0 Å². The van der Waals surface area contributed by atoms with Crippen LogP contribution in [-0.2, 0) is 6.54 Å². The van der Waals surface area contributed by atoms with Gasteiger partial charge in [-0.2, -0.15) is 0 Å². The number of hydrogen-bond acceptors (Lipinski definition) is 5. The highest BCUT2D eigenvalue weighted by atomic mass is 35.5. The Labute approximate surface area is 229 Å². The van der Waals surface area contributed by atoms with E-state index in [0.29, 0.717) is 25.1 Å². The lowest BCUT2D eigenvalue weighted by atomic mass is 9.85. The zero-order chi connectivity index (χ0) is 27.7. The van der Waals surface area contributed by atoms with Gasteiger partial charge in [0.2, 0.25) is 0 Å². The number of halogens is 3. The Morgan fingerprint density at radius 3 is 2.44 bits per heavy atom. The maximum absolute atomic E-state index is 13.6. The summed E-state index contributed by atoms with van der Waals surface area (Å²) in [4.78, 5) is 36.4. The highest BCUT2D eigenvalue weighted by molar-refractivity contribution is 6.30. The van der Waals surface area contributed by atoms with Crippen LogP contribution in [0.4, 0.5) is 14.6 Å². The number of anilines is 1. The number of aromatic nitrogens is 4. The van der Waals surface area contributed by atoms with Crippen LogP contribution in [0.1, 0.15) is 48.2 Å². The van der Waals surface area contributed by atoms with E-state index in [1.165, 1.54) is 6.07 Å². The van der Waals surface area contributed by atoms with E-state index in [2.05, 4.69) is 15.3 Å². The van der Waals surface area contributed by atoms with Crippen LogP contribution in [-0.4, -0.2) is 45.1 Å². The number of hydrogen-bond donors (Lipinski definition) is 1. The molecule has 204 valence electrons. The van der Waals surface area contributed by atoms with Gasteiger partial charge in [-0.3, -0.25) is 18.9 Å². The first-order chi connectivity index (χ1) is 18.7. The number of para-hydroxylation sites is 2. The molecule has 0 aliphatic heterocycles. The van der Waals surface area contributed by atoms with Crippen molar-refractivity contribution in [3.8, 4) is 5.69 Å². The summed E-state index contributed by atoms with van der Waals surface area (Å²) in [5, 5.41) is 2.99. The number of carbonyl (C=O) groups is 1. The fraction of sp³-hybridized carbons (Fsp3) is 0.357. The minimum absolute atomic E-state index is 0.126. The highest BCUT2D eigenvalue weighted by Crippen LogP contribution is 2.29. The van der Waals surface area contributed by atoms with Crippen LogP contribution in [0.2, 0.25) is 5.02 Å². The van der Waals surface area contributed by atoms with Gasteiger partial charge in [-0.25, -0.2) is 18.6 Å². The molecule has 1 saturated carbocycles. The number of amides is 1. The summed E-state index contributed by atoms with van der Waals surface area (Å²) in [6.07, 6.45) is 2.86. The van der Waals surface area contributed by atoms with E-state index >= 15 is 0 Å². The molecule has 1 aliphatic carbocycles. The summed E-state index contributed by atoms with van der Waals surface area (Å²) in [7, 11) is 3.82. The lowest BCUT2D eigenvalue weighted by Gasteiger charge is -2.29. The predicted molar refractivity (Wildman–Crippen MR) is 147 cm³/mol. The molecule has 0 atom stereocenters. The van der Waals surface area contributed by atoms with Crippen LogP contribution in [0.5, 0.6) is 0 Å². The Kier molecular flexibility index (Phi) is 7.65. The van der Waals surface area contributed by atoms with Gasteiger partial charge in [-0.1, -0.05) is 23.7 Å². The van der Waals surface area contributed by atoms with Gasteiger partial charge in [0.1, 0.15) is 11.5 Å². The second-order valence-electron chi connectivity index (χ2n) is 10.1. The molecule has 39 heavy (non-hydrogen) atoms. The molecule has 3 heterocycles. The lowest BCUT2D eigenvalue weighted by Crippen LogP contribution is -2.39. The number of fused-ring (bicyclic) bond motifs is 1. The van der Waals surface area contributed by atoms with Crippen molar-refractivity contribution < 1.29 is 13.6 Å². The SMILES string of the molecule is CN(C)c1ccc(-n2c(=O)n(C[C@H]3CC[C@H](NC(=O)c4cc(Cl)cnc4C(F)F)CC3)c3ccccc32)cn1. The van der Waals surface area contributed by atoms with E-state index in [1.807, 2.05) is 60.0 Å². The third-order valence-electron chi connectivity index (χ3n) is 7.24. The molecule has 0 unspecified atom stereocenters. The molecular formula is C28H29ClF2N6O2. The summed E-state index contributed by atoms with van der Waals surface area (Å²) in [6.45, 7) is 0.546. The Bertz CT molecular complexity index is 1540. The molecule has 1 N–H and O–H groups in total. The van der Waals surface area contributed by atoms with Crippen LogP contribution in [0.25, 0.3) is 16.7 Å².